The summed E-state index contributed by atoms with van der Waals surface area (Å²) in [5.41, 5.74) is 2.29. The van der Waals surface area contributed by atoms with Gasteiger partial charge in [-0.3, -0.25) is 4.79 Å². The highest BCUT2D eigenvalue weighted by atomic mass is 16.5. The monoisotopic (exact) mass is 259 g/mol. The largest absolute Gasteiger partial charge is 0.368 e. The molecule has 3 heteroatoms. The summed E-state index contributed by atoms with van der Waals surface area (Å²) < 4.78 is 5.55. The molecule has 3 nitrogen and oxygen atoms in total. The van der Waals surface area contributed by atoms with Crippen LogP contribution in [0.3, 0.4) is 0 Å². The van der Waals surface area contributed by atoms with Gasteiger partial charge in [-0.05, 0) is 37.8 Å². The lowest BCUT2D eigenvalue weighted by Crippen LogP contribution is -2.42. The van der Waals surface area contributed by atoms with E-state index in [0.29, 0.717) is 6.61 Å². The molecule has 19 heavy (non-hydrogen) atoms. The maximum atomic E-state index is 12.4. The summed E-state index contributed by atoms with van der Waals surface area (Å²) in [7, 11) is 0. The first-order chi connectivity index (χ1) is 9.24. The normalized spacial score (nSPS) is 15.7. The van der Waals surface area contributed by atoms with Crippen LogP contribution in [0, 0.1) is 0 Å². The SMILES string of the molecule is C=CCCOC(C)C(=O)N1CCCc2ccccc21. The van der Waals surface area contributed by atoms with Gasteiger partial charge < -0.3 is 9.64 Å². The first-order valence-electron chi connectivity index (χ1n) is 6.86. The highest BCUT2D eigenvalue weighted by Gasteiger charge is 2.26. The molecule has 0 aliphatic carbocycles. The molecule has 1 aromatic carbocycles. The number of para-hydroxylation sites is 1. The summed E-state index contributed by atoms with van der Waals surface area (Å²) in [5, 5.41) is 0. The van der Waals surface area contributed by atoms with Crippen LogP contribution in [0.5, 0.6) is 0 Å². The van der Waals surface area contributed by atoms with E-state index in [0.717, 1.165) is 31.5 Å². The Labute approximate surface area is 114 Å². The van der Waals surface area contributed by atoms with Gasteiger partial charge in [0.25, 0.3) is 5.91 Å². The van der Waals surface area contributed by atoms with Gasteiger partial charge in [0, 0.05) is 12.2 Å². The van der Waals surface area contributed by atoms with Gasteiger partial charge in [-0.25, -0.2) is 0 Å². The first kappa shape index (κ1) is 13.8. The Balaban J connectivity index is 2.06. The zero-order chi connectivity index (χ0) is 13.7. The number of nitrogens with zero attached hydrogens (tertiary/aromatic N) is 1. The molecule has 1 unspecified atom stereocenters. The molecule has 0 spiro atoms. The second kappa shape index (κ2) is 6.53. The van der Waals surface area contributed by atoms with Crippen LogP contribution in [0.2, 0.25) is 0 Å². The number of aryl methyl sites for hydroxylation is 1. The van der Waals surface area contributed by atoms with Gasteiger partial charge in [0.15, 0.2) is 0 Å². The summed E-state index contributed by atoms with van der Waals surface area (Å²) in [4.78, 5) is 14.3. The lowest BCUT2D eigenvalue weighted by Gasteiger charge is -2.31. The minimum Gasteiger partial charge on any atom is -0.368 e. The van der Waals surface area contributed by atoms with Crippen LogP contribution < -0.4 is 4.90 Å². The van der Waals surface area contributed by atoms with Gasteiger partial charge >= 0.3 is 0 Å². The third-order valence-electron chi connectivity index (χ3n) is 3.41. The van der Waals surface area contributed by atoms with Crippen molar-refractivity contribution in [2.75, 3.05) is 18.1 Å². The fourth-order valence-electron chi connectivity index (χ4n) is 2.38. The molecule has 0 radical (unpaired) electrons. The van der Waals surface area contributed by atoms with E-state index in [1.54, 1.807) is 6.08 Å². The maximum absolute atomic E-state index is 12.4. The molecule has 1 amide bonds. The van der Waals surface area contributed by atoms with Crippen LogP contribution in [0.4, 0.5) is 5.69 Å². The van der Waals surface area contributed by atoms with Gasteiger partial charge in [0.2, 0.25) is 0 Å². The van der Waals surface area contributed by atoms with Gasteiger partial charge in [0.05, 0.1) is 6.61 Å². The number of hydrogen-bond donors (Lipinski definition) is 0. The Morgan fingerprint density at radius 1 is 1.53 bits per heavy atom. The van der Waals surface area contributed by atoms with E-state index in [9.17, 15) is 4.79 Å². The number of carbonyl (C=O) groups is 1. The van der Waals surface area contributed by atoms with Gasteiger partial charge in [-0.1, -0.05) is 24.3 Å². The van der Waals surface area contributed by atoms with Crippen molar-refractivity contribution < 1.29 is 9.53 Å². The molecule has 102 valence electrons. The standard InChI is InChI=1S/C16H21NO2/c1-3-4-12-19-13(2)16(18)17-11-7-9-14-8-5-6-10-15(14)17/h3,5-6,8,10,13H,1,4,7,9,11-12H2,2H3. The molecule has 0 aromatic heterocycles. The van der Waals surface area contributed by atoms with E-state index in [1.807, 2.05) is 30.0 Å². The Morgan fingerprint density at radius 2 is 2.32 bits per heavy atom. The van der Waals surface area contributed by atoms with Crippen LogP contribution in [-0.4, -0.2) is 25.2 Å². The first-order valence-corrected chi connectivity index (χ1v) is 6.86. The number of carbonyl (C=O) groups excluding carboxylic acids is 1. The third kappa shape index (κ3) is 3.24. The maximum Gasteiger partial charge on any atom is 0.255 e. The van der Waals surface area contributed by atoms with Crippen molar-refractivity contribution in [3.63, 3.8) is 0 Å². The van der Waals surface area contributed by atoms with E-state index in [1.165, 1.54) is 5.56 Å². The Morgan fingerprint density at radius 3 is 3.11 bits per heavy atom. The van der Waals surface area contributed by atoms with Gasteiger partial charge in [0.1, 0.15) is 6.10 Å². The quantitative estimate of drug-likeness (QED) is 0.601. The summed E-state index contributed by atoms with van der Waals surface area (Å²) in [6.45, 7) is 6.80. The minimum atomic E-state index is -0.397. The molecule has 0 saturated carbocycles. The number of anilines is 1. The van der Waals surface area contributed by atoms with Crippen molar-refractivity contribution in [3.8, 4) is 0 Å². The zero-order valence-electron chi connectivity index (χ0n) is 11.5. The fourth-order valence-corrected chi connectivity index (χ4v) is 2.38. The molecule has 1 aromatic rings. The van der Waals surface area contributed by atoms with Crippen molar-refractivity contribution in [3.05, 3.63) is 42.5 Å². The van der Waals surface area contributed by atoms with Crippen molar-refractivity contribution in [1.29, 1.82) is 0 Å². The predicted molar refractivity (Wildman–Crippen MR) is 77.3 cm³/mol. The fraction of sp³-hybridized carbons (Fsp3) is 0.438. The summed E-state index contributed by atoms with van der Waals surface area (Å²) in [5.74, 6) is 0.0520. The number of benzene rings is 1. The molecule has 1 aliphatic heterocycles. The summed E-state index contributed by atoms with van der Waals surface area (Å²) in [6.07, 6.45) is 4.24. The number of fused-ring (bicyclic) bond motifs is 1. The molecule has 1 heterocycles. The second-order valence-electron chi connectivity index (χ2n) is 4.81. The molecule has 2 rings (SSSR count). The van der Waals surface area contributed by atoms with E-state index in [4.69, 9.17) is 4.74 Å². The minimum absolute atomic E-state index is 0.0520. The van der Waals surface area contributed by atoms with Crippen LogP contribution in [0.15, 0.2) is 36.9 Å². The van der Waals surface area contributed by atoms with Crippen LogP contribution in [0.1, 0.15) is 25.3 Å². The number of ether oxygens (including phenoxy) is 1. The number of amides is 1. The lowest BCUT2D eigenvalue weighted by molar-refractivity contribution is -0.129. The highest BCUT2D eigenvalue weighted by Crippen LogP contribution is 2.27. The van der Waals surface area contributed by atoms with Gasteiger partial charge in [-0.15, -0.1) is 6.58 Å². The molecule has 0 N–H and O–H groups in total. The topological polar surface area (TPSA) is 29.5 Å². The van der Waals surface area contributed by atoms with Gasteiger partial charge in [-0.2, -0.15) is 0 Å². The van der Waals surface area contributed by atoms with Crippen LogP contribution in [-0.2, 0) is 16.0 Å². The molecule has 1 atom stereocenters. The summed E-state index contributed by atoms with van der Waals surface area (Å²) >= 11 is 0. The van der Waals surface area contributed by atoms with E-state index in [2.05, 4.69) is 12.6 Å². The summed E-state index contributed by atoms with van der Waals surface area (Å²) in [6, 6.07) is 8.12. The molecule has 0 bridgehead atoms. The Hall–Kier alpha value is -1.61. The average molecular weight is 259 g/mol. The molecular formula is C16H21NO2. The smallest absolute Gasteiger partial charge is 0.255 e. The predicted octanol–water partition coefficient (Wildman–Crippen LogP) is 2.95. The Bertz CT molecular complexity index is 456. The highest BCUT2D eigenvalue weighted by molar-refractivity contribution is 5.97. The molecule has 1 aliphatic rings. The zero-order valence-corrected chi connectivity index (χ0v) is 11.5. The van der Waals surface area contributed by atoms with Crippen molar-refractivity contribution in [2.24, 2.45) is 0 Å². The molecular weight excluding hydrogens is 238 g/mol. The van der Waals surface area contributed by atoms with Crippen molar-refractivity contribution in [2.45, 2.75) is 32.3 Å². The third-order valence-corrected chi connectivity index (χ3v) is 3.41. The molecule has 0 fully saturated rings. The van der Waals surface area contributed by atoms with E-state index in [-0.39, 0.29) is 5.91 Å². The van der Waals surface area contributed by atoms with Crippen LogP contribution >= 0.6 is 0 Å². The van der Waals surface area contributed by atoms with E-state index >= 15 is 0 Å². The van der Waals surface area contributed by atoms with Crippen LogP contribution in [0.25, 0.3) is 0 Å². The Kier molecular flexibility index (Phi) is 4.74. The molecule has 0 saturated heterocycles. The van der Waals surface area contributed by atoms with E-state index < -0.39 is 6.10 Å². The van der Waals surface area contributed by atoms with Crippen molar-refractivity contribution in [1.82, 2.24) is 0 Å². The second-order valence-corrected chi connectivity index (χ2v) is 4.81. The lowest BCUT2D eigenvalue weighted by atomic mass is 10.0. The average Bonchev–Trinajstić information content (AvgIpc) is 2.46. The number of rotatable bonds is 5. The van der Waals surface area contributed by atoms with Crippen molar-refractivity contribution >= 4 is 11.6 Å². The number of hydrogen-bond acceptors (Lipinski definition) is 2.